The molecule has 3 aromatic carbocycles. The second-order valence-corrected chi connectivity index (χ2v) is 9.20. The van der Waals surface area contributed by atoms with Gasteiger partial charge in [0.15, 0.2) is 17.1 Å². The minimum absolute atomic E-state index is 0.0534. The predicted octanol–water partition coefficient (Wildman–Crippen LogP) is 4.95. The maximum atomic E-state index is 14.1. The van der Waals surface area contributed by atoms with E-state index in [1.165, 1.54) is 11.8 Å². The van der Waals surface area contributed by atoms with Crippen LogP contribution in [0.2, 0.25) is 0 Å². The molecule has 0 fully saturated rings. The average Bonchev–Trinajstić information content (AvgIpc) is 2.62. The highest BCUT2D eigenvalue weighted by Gasteiger charge is 2.27. The molecule has 3 aromatic rings. The minimum atomic E-state index is -3.38. The lowest BCUT2D eigenvalue weighted by Crippen LogP contribution is -2.13. The monoisotopic (exact) mass is 425 g/mol. The molecular weight excluding hydrogens is 411 g/mol. The molecule has 0 saturated carbocycles. The number of rotatable bonds is 3. The highest BCUT2D eigenvalue weighted by Crippen LogP contribution is 2.45. The third kappa shape index (κ3) is 3.64. The predicted molar refractivity (Wildman–Crippen MR) is 103 cm³/mol. The maximum Gasteiger partial charge on any atom is 0.229 e. The van der Waals surface area contributed by atoms with E-state index < -0.39 is 32.9 Å². The molecule has 1 N–H and O–H groups in total. The first kappa shape index (κ1) is 18.9. The topological polar surface area (TPSA) is 55.4 Å². The quantitative estimate of drug-likeness (QED) is 0.603. The number of anilines is 1. The van der Waals surface area contributed by atoms with Gasteiger partial charge in [0.1, 0.15) is 11.6 Å². The highest BCUT2D eigenvalue weighted by atomic mass is 32.2. The van der Waals surface area contributed by atoms with Crippen molar-refractivity contribution in [2.45, 2.75) is 11.2 Å². The molecular formula is C19H14F3NO3S2. The first-order valence-corrected chi connectivity index (χ1v) is 11.1. The number of thioether (sulfide) groups is 1. The zero-order valence-electron chi connectivity index (χ0n) is 14.5. The number of fused-ring (bicyclic) bond motifs is 3. The molecule has 0 amide bonds. The van der Waals surface area contributed by atoms with Gasteiger partial charge < -0.3 is 4.74 Å². The summed E-state index contributed by atoms with van der Waals surface area (Å²) in [5.41, 5.74) is 0.460. The van der Waals surface area contributed by atoms with Crippen LogP contribution in [0.5, 0.6) is 5.75 Å². The van der Waals surface area contributed by atoms with Gasteiger partial charge in [0.25, 0.3) is 0 Å². The van der Waals surface area contributed by atoms with Crippen molar-refractivity contribution in [2.75, 3.05) is 11.0 Å². The summed E-state index contributed by atoms with van der Waals surface area (Å²) >= 11 is 1.25. The van der Waals surface area contributed by atoms with Gasteiger partial charge >= 0.3 is 0 Å². The van der Waals surface area contributed by atoms with E-state index in [4.69, 9.17) is 4.74 Å². The lowest BCUT2D eigenvalue weighted by atomic mass is 10.0. The summed E-state index contributed by atoms with van der Waals surface area (Å²) in [6.07, 6.45) is 1.08. The fourth-order valence-corrected chi connectivity index (χ4v) is 4.79. The van der Waals surface area contributed by atoms with Gasteiger partial charge in [0.2, 0.25) is 10.0 Å². The van der Waals surface area contributed by atoms with Crippen molar-refractivity contribution < 1.29 is 26.3 Å². The zero-order chi connectivity index (χ0) is 20.1. The lowest BCUT2D eigenvalue weighted by molar-refractivity contribution is 0.280. The third-order valence-electron chi connectivity index (χ3n) is 4.30. The summed E-state index contributed by atoms with van der Waals surface area (Å²) in [5.74, 6) is -2.25. The Morgan fingerprint density at radius 3 is 2.54 bits per heavy atom. The van der Waals surface area contributed by atoms with E-state index in [0.29, 0.717) is 23.3 Å². The number of benzene rings is 3. The summed E-state index contributed by atoms with van der Waals surface area (Å²) in [5, 5.41) is 1.68. The number of sulfonamides is 1. The van der Waals surface area contributed by atoms with E-state index in [1.54, 1.807) is 30.3 Å². The second-order valence-electron chi connectivity index (χ2n) is 6.40. The Bertz CT molecular complexity index is 1200. The molecule has 1 aliphatic rings. The summed E-state index contributed by atoms with van der Waals surface area (Å²) in [4.78, 5) is 0. The number of ether oxygens (including phenoxy) is 1. The molecule has 1 unspecified atom stereocenters. The fourth-order valence-electron chi connectivity index (χ4n) is 3.09. The molecule has 1 aliphatic heterocycles. The van der Waals surface area contributed by atoms with Crippen molar-refractivity contribution in [1.82, 2.24) is 0 Å². The van der Waals surface area contributed by atoms with Crippen LogP contribution in [0.3, 0.4) is 0 Å². The molecule has 9 heteroatoms. The Morgan fingerprint density at radius 2 is 1.79 bits per heavy atom. The van der Waals surface area contributed by atoms with Crippen LogP contribution in [0.1, 0.15) is 16.6 Å². The van der Waals surface area contributed by atoms with Crippen LogP contribution in [0, 0.1) is 17.5 Å². The Labute approximate surface area is 163 Å². The van der Waals surface area contributed by atoms with E-state index in [1.807, 2.05) is 0 Å². The SMILES string of the molecule is CS(=O)(=O)Nc1ccc2c3c(ccc2c1)OC(c1cc(F)c(F)cc1F)SC3. The molecule has 146 valence electrons. The standard InChI is InChI=1S/C19H14F3NO3S2/c1-28(24,25)23-11-3-4-12-10(6-11)2-5-18-14(12)9-27-19(26-18)13-7-16(21)17(22)8-15(13)20/h2-8,19,23H,9H2,1H3. The molecule has 4 rings (SSSR count). The maximum absolute atomic E-state index is 14.1. The van der Waals surface area contributed by atoms with E-state index >= 15 is 0 Å². The zero-order valence-corrected chi connectivity index (χ0v) is 16.1. The number of hydrogen-bond donors (Lipinski definition) is 1. The second kappa shape index (κ2) is 6.89. The summed E-state index contributed by atoms with van der Waals surface area (Å²) in [7, 11) is -3.38. The number of hydrogen-bond acceptors (Lipinski definition) is 4. The van der Waals surface area contributed by atoms with Crippen LogP contribution in [0.4, 0.5) is 18.9 Å². The smallest absolute Gasteiger partial charge is 0.229 e. The van der Waals surface area contributed by atoms with Gasteiger partial charge in [-0.15, -0.1) is 11.8 Å². The van der Waals surface area contributed by atoms with E-state index in [2.05, 4.69) is 4.72 Å². The number of nitrogens with one attached hydrogen (secondary N) is 1. The van der Waals surface area contributed by atoms with Crippen LogP contribution in [0.15, 0.2) is 42.5 Å². The van der Waals surface area contributed by atoms with Crippen molar-refractivity contribution in [3.63, 3.8) is 0 Å². The van der Waals surface area contributed by atoms with Gasteiger partial charge in [0.05, 0.1) is 6.26 Å². The molecule has 0 spiro atoms. The average molecular weight is 425 g/mol. The van der Waals surface area contributed by atoms with Crippen molar-refractivity contribution in [3.8, 4) is 5.75 Å². The lowest BCUT2D eigenvalue weighted by Gasteiger charge is -2.27. The van der Waals surface area contributed by atoms with Crippen molar-refractivity contribution >= 4 is 38.2 Å². The van der Waals surface area contributed by atoms with Crippen LogP contribution in [-0.4, -0.2) is 14.7 Å². The molecule has 0 radical (unpaired) electrons. The van der Waals surface area contributed by atoms with Crippen molar-refractivity contribution in [3.05, 3.63) is 71.0 Å². The van der Waals surface area contributed by atoms with Gasteiger partial charge in [-0.25, -0.2) is 21.6 Å². The van der Waals surface area contributed by atoms with Crippen LogP contribution < -0.4 is 9.46 Å². The highest BCUT2D eigenvalue weighted by molar-refractivity contribution is 7.98. The summed E-state index contributed by atoms with van der Waals surface area (Å²) in [6.45, 7) is 0. The Balaban J connectivity index is 1.68. The normalized spacial score (nSPS) is 16.5. The summed E-state index contributed by atoms with van der Waals surface area (Å²) in [6, 6.07) is 9.93. The number of halogens is 3. The Hall–Kier alpha value is -2.39. The van der Waals surface area contributed by atoms with Crippen LogP contribution in [-0.2, 0) is 15.8 Å². The van der Waals surface area contributed by atoms with Gasteiger partial charge in [0, 0.05) is 28.6 Å². The first-order valence-electron chi connectivity index (χ1n) is 8.17. The molecule has 0 saturated heterocycles. The van der Waals surface area contributed by atoms with E-state index in [9.17, 15) is 21.6 Å². The molecule has 0 aromatic heterocycles. The van der Waals surface area contributed by atoms with E-state index in [-0.39, 0.29) is 5.56 Å². The molecule has 4 nitrogen and oxygen atoms in total. The van der Waals surface area contributed by atoms with Gasteiger partial charge in [-0.1, -0.05) is 12.1 Å². The van der Waals surface area contributed by atoms with Crippen molar-refractivity contribution in [2.24, 2.45) is 0 Å². The van der Waals surface area contributed by atoms with Gasteiger partial charge in [-0.3, -0.25) is 4.72 Å². The largest absolute Gasteiger partial charge is 0.475 e. The van der Waals surface area contributed by atoms with E-state index in [0.717, 1.165) is 28.7 Å². The minimum Gasteiger partial charge on any atom is -0.475 e. The Morgan fingerprint density at radius 1 is 1.04 bits per heavy atom. The third-order valence-corrected chi connectivity index (χ3v) is 6.01. The molecule has 1 atom stereocenters. The summed E-state index contributed by atoms with van der Waals surface area (Å²) < 4.78 is 71.8. The van der Waals surface area contributed by atoms with Crippen LogP contribution >= 0.6 is 11.8 Å². The molecule has 0 aliphatic carbocycles. The molecule has 0 bridgehead atoms. The Kier molecular flexibility index (Phi) is 4.67. The van der Waals surface area contributed by atoms with Crippen LogP contribution in [0.25, 0.3) is 10.8 Å². The van der Waals surface area contributed by atoms with Crippen molar-refractivity contribution in [1.29, 1.82) is 0 Å². The van der Waals surface area contributed by atoms with Gasteiger partial charge in [-0.2, -0.15) is 0 Å². The fraction of sp³-hybridized carbons (Fsp3) is 0.158. The first-order chi connectivity index (χ1) is 13.2. The molecule has 1 heterocycles. The van der Waals surface area contributed by atoms with Gasteiger partial charge in [-0.05, 0) is 35.0 Å². The molecule has 28 heavy (non-hydrogen) atoms.